The van der Waals surface area contributed by atoms with E-state index in [0.717, 1.165) is 29.9 Å². The fraction of sp³-hybridized carbons (Fsp3) is 0.269. The number of fused-ring (bicyclic) bond motifs is 1. The van der Waals surface area contributed by atoms with Crippen LogP contribution in [-0.2, 0) is 4.79 Å². The number of furan rings is 1. The van der Waals surface area contributed by atoms with E-state index in [0.29, 0.717) is 28.3 Å². The number of hydrogen-bond acceptors (Lipinski definition) is 5. The first kappa shape index (κ1) is 21.5. The second kappa shape index (κ2) is 8.87. The number of halogens is 1. The number of nitrogens with zero attached hydrogens (tertiary/aromatic N) is 2. The van der Waals surface area contributed by atoms with Crippen LogP contribution in [0.5, 0.6) is 0 Å². The van der Waals surface area contributed by atoms with Crippen molar-refractivity contribution in [3.05, 3.63) is 70.9 Å². The molecule has 2 aliphatic rings. The number of allylic oxidation sites excluding steroid dienone is 1. The Balaban J connectivity index is 1.43. The molecule has 0 radical (unpaired) electrons. The molecule has 3 aromatic rings. The molecule has 168 valence electrons. The summed E-state index contributed by atoms with van der Waals surface area (Å²) in [5.41, 5.74) is 5.05. The lowest BCUT2D eigenvalue weighted by Gasteiger charge is -2.29. The summed E-state index contributed by atoms with van der Waals surface area (Å²) in [5.74, 6) is -0.853. The zero-order valence-electron chi connectivity index (χ0n) is 18.4. The van der Waals surface area contributed by atoms with Gasteiger partial charge in [-0.05, 0) is 55.0 Å². The summed E-state index contributed by atoms with van der Waals surface area (Å²) in [7, 11) is 0. The monoisotopic (exact) mass is 461 g/mol. The van der Waals surface area contributed by atoms with E-state index in [1.54, 1.807) is 12.3 Å². The number of Topliss-reactive ketones (excluding diaryl/α,β-unsaturated/α-hetero) is 1. The van der Waals surface area contributed by atoms with E-state index in [1.807, 2.05) is 19.1 Å². The molecule has 6 nitrogen and oxygen atoms in total. The van der Waals surface area contributed by atoms with E-state index in [2.05, 4.69) is 27.3 Å². The van der Waals surface area contributed by atoms with Crippen molar-refractivity contribution >= 4 is 40.2 Å². The maximum absolute atomic E-state index is 13.2. The van der Waals surface area contributed by atoms with Crippen molar-refractivity contribution < 1.29 is 14.0 Å². The zero-order chi connectivity index (χ0) is 22.9. The van der Waals surface area contributed by atoms with Gasteiger partial charge < -0.3 is 14.6 Å². The summed E-state index contributed by atoms with van der Waals surface area (Å²) >= 11 is 6.08. The van der Waals surface area contributed by atoms with Gasteiger partial charge in [0.25, 0.3) is 5.91 Å². The van der Waals surface area contributed by atoms with Crippen molar-refractivity contribution in [2.45, 2.75) is 32.6 Å². The quantitative estimate of drug-likeness (QED) is 0.473. The van der Waals surface area contributed by atoms with Crippen molar-refractivity contribution in [1.29, 1.82) is 0 Å². The fourth-order valence-corrected chi connectivity index (χ4v) is 4.83. The first-order valence-corrected chi connectivity index (χ1v) is 11.6. The Morgan fingerprint density at radius 3 is 2.76 bits per heavy atom. The molecular formula is C26H24ClN3O3. The van der Waals surface area contributed by atoms with Crippen molar-refractivity contribution in [1.82, 2.24) is 4.98 Å². The zero-order valence-corrected chi connectivity index (χ0v) is 19.1. The van der Waals surface area contributed by atoms with Crippen LogP contribution in [0.25, 0.3) is 16.7 Å². The van der Waals surface area contributed by atoms with Crippen LogP contribution in [0.15, 0.2) is 59.0 Å². The highest BCUT2D eigenvalue weighted by Crippen LogP contribution is 2.37. The summed E-state index contributed by atoms with van der Waals surface area (Å²) in [6, 6.07) is 9.93. The molecule has 0 bridgehead atoms. The number of hydrogen-bond donors (Lipinski definition) is 1. The number of aromatic nitrogens is 1. The maximum Gasteiger partial charge on any atom is 0.260 e. The highest BCUT2D eigenvalue weighted by Gasteiger charge is 2.35. The number of amides is 1. The van der Waals surface area contributed by atoms with Gasteiger partial charge in [0.15, 0.2) is 0 Å². The number of carbonyl (C=O) groups excluding carboxylic acids is 2. The van der Waals surface area contributed by atoms with Crippen LogP contribution >= 0.6 is 11.6 Å². The molecule has 1 aliphatic heterocycles. The van der Waals surface area contributed by atoms with Gasteiger partial charge in [0, 0.05) is 36.1 Å². The van der Waals surface area contributed by atoms with Gasteiger partial charge in [0.05, 0.1) is 16.3 Å². The number of pyridine rings is 1. The Morgan fingerprint density at radius 2 is 1.97 bits per heavy atom. The number of nitrogens with one attached hydrogen (secondary N) is 1. The lowest BCUT2D eigenvalue weighted by molar-refractivity contribution is -0.112. The average Bonchev–Trinajstić information content (AvgIpc) is 3.41. The Hall–Kier alpha value is -3.38. The molecule has 33 heavy (non-hydrogen) atoms. The number of piperidine rings is 1. The molecule has 7 heteroatoms. The van der Waals surface area contributed by atoms with E-state index in [1.165, 1.54) is 31.7 Å². The summed E-state index contributed by atoms with van der Waals surface area (Å²) in [5, 5.41) is 3.32. The first-order valence-electron chi connectivity index (χ1n) is 11.2. The number of rotatable bonds is 5. The minimum Gasteiger partial charge on any atom is -0.470 e. The van der Waals surface area contributed by atoms with E-state index < -0.39 is 5.91 Å². The highest BCUT2D eigenvalue weighted by molar-refractivity contribution is 6.37. The van der Waals surface area contributed by atoms with E-state index in [9.17, 15) is 9.59 Å². The molecule has 1 N–H and O–H groups in total. The standard InChI is InChI=1S/C26H24ClN3O3/c1-2-19-20-12-17(27)13-28-24(20)25(31)23(19)26(32)29-22-15-33-14-21(22)16-7-6-8-18(11-16)30-9-4-3-5-10-30/h6-8,11-15H,2-5,9-10H2,1H3,(H,29,32). The van der Waals surface area contributed by atoms with Crippen LogP contribution in [0, 0.1) is 0 Å². The SMILES string of the molecule is CCC1=C(C(=O)Nc2cocc2-c2cccc(N3CCCCC3)c2)C(=O)c2ncc(Cl)cc21. The molecule has 2 aromatic heterocycles. The molecule has 0 spiro atoms. The van der Waals surface area contributed by atoms with Gasteiger partial charge in [-0.3, -0.25) is 14.6 Å². The van der Waals surface area contributed by atoms with Crippen LogP contribution in [0.4, 0.5) is 11.4 Å². The smallest absolute Gasteiger partial charge is 0.260 e. The maximum atomic E-state index is 13.2. The molecule has 1 amide bonds. The van der Waals surface area contributed by atoms with E-state index in [4.69, 9.17) is 16.0 Å². The van der Waals surface area contributed by atoms with Crippen LogP contribution in [0.2, 0.25) is 5.02 Å². The van der Waals surface area contributed by atoms with Gasteiger partial charge in [-0.15, -0.1) is 0 Å². The Morgan fingerprint density at radius 1 is 1.15 bits per heavy atom. The molecule has 1 fully saturated rings. The van der Waals surface area contributed by atoms with Gasteiger partial charge >= 0.3 is 0 Å². The molecule has 5 rings (SSSR count). The fourth-order valence-electron chi connectivity index (χ4n) is 4.67. The molecule has 0 unspecified atom stereocenters. The number of ketones is 1. The van der Waals surface area contributed by atoms with Gasteiger partial charge in [-0.2, -0.15) is 0 Å². The number of anilines is 2. The molecule has 1 saturated heterocycles. The summed E-state index contributed by atoms with van der Waals surface area (Å²) in [6.45, 7) is 4.00. The van der Waals surface area contributed by atoms with Gasteiger partial charge in [-0.1, -0.05) is 30.7 Å². The molecule has 1 aromatic carbocycles. The number of benzene rings is 1. The van der Waals surface area contributed by atoms with Gasteiger partial charge in [0.1, 0.15) is 18.2 Å². The minimum atomic E-state index is -0.471. The minimum absolute atomic E-state index is 0.108. The van der Waals surface area contributed by atoms with Crippen molar-refractivity contribution in [3.8, 4) is 11.1 Å². The topological polar surface area (TPSA) is 75.4 Å². The molecule has 0 atom stereocenters. The predicted octanol–water partition coefficient (Wildman–Crippen LogP) is 5.98. The van der Waals surface area contributed by atoms with E-state index in [-0.39, 0.29) is 17.1 Å². The lowest BCUT2D eigenvalue weighted by atomic mass is 10.0. The second-order valence-electron chi connectivity index (χ2n) is 8.34. The van der Waals surface area contributed by atoms with Gasteiger partial charge in [-0.25, -0.2) is 0 Å². The van der Waals surface area contributed by atoms with Crippen molar-refractivity contribution in [2.24, 2.45) is 0 Å². The largest absolute Gasteiger partial charge is 0.470 e. The van der Waals surface area contributed by atoms with Crippen LogP contribution in [0.1, 0.15) is 48.7 Å². The third kappa shape index (κ3) is 3.95. The number of carbonyl (C=O) groups is 2. The third-order valence-corrected chi connectivity index (χ3v) is 6.50. The van der Waals surface area contributed by atoms with Crippen LogP contribution in [0.3, 0.4) is 0 Å². The summed E-state index contributed by atoms with van der Waals surface area (Å²) < 4.78 is 5.45. The lowest BCUT2D eigenvalue weighted by Crippen LogP contribution is -2.29. The van der Waals surface area contributed by atoms with Crippen LogP contribution < -0.4 is 10.2 Å². The highest BCUT2D eigenvalue weighted by atomic mass is 35.5. The average molecular weight is 462 g/mol. The Labute approximate surface area is 197 Å². The van der Waals surface area contributed by atoms with Crippen molar-refractivity contribution in [3.63, 3.8) is 0 Å². The molecular weight excluding hydrogens is 438 g/mol. The normalized spacial score (nSPS) is 15.7. The predicted molar refractivity (Wildman–Crippen MR) is 130 cm³/mol. The molecule has 3 heterocycles. The molecule has 1 aliphatic carbocycles. The summed E-state index contributed by atoms with van der Waals surface area (Å²) in [6.07, 6.45) is 8.72. The third-order valence-electron chi connectivity index (χ3n) is 6.29. The Bertz CT molecular complexity index is 1270. The Kier molecular flexibility index (Phi) is 5.77. The first-order chi connectivity index (χ1) is 16.1. The van der Waals surface area contributed by atoms with Crippen LogP contribution in [-0.4, -0.2) is 29.8 Å². The van der Waals surface area contributed by atoms with Crippen molar-refractivity contribution in [2.75, 3.05) is 23.3 Å². The van der Waals surface area contributed by atoms with Gasteiger partial charge in [0.2, 0.25) is 5.78 Å². The van der Waals surface area contributed by atoms with E-state index >= 15 is 0 Å². The molecule has 0 saturated carbocycles. The second-order valence-corrected chi connectivity index (χ2v) is 8.77. The summed E-state index contributed by atoms with van der Waals surface area (Å²) in [4.78, 5) is 32.8.